The van der Waals surface area contributed by atoms with Gasteiger partial charge in [0.15, 0.2) is 0 Å². The van der Waals surface area contributed by atoms with E-state index in [1.165, 1.54) is 12.5 Å². The third kappa shape index (κ3) is 3.58. The number of rotatable bonds is 3. The Labute approximate surface area is 154 Å². The molecule has 2 fully saturated rings. The molecule has 0 aromatic heterocycles. The maximum atomic E-state index is 14.0. The van der Waals surface area contributed by atoms with Gasteiger partial charge in [0.1, 0.15) is 11.9 Å². The van der Waals surface area contributed by atoms with Gasteiger partial charge >= 0.3 is 0 Å². The van der Waals surface area contributed by atoms with E-state index >= 15 is 0 Å². The molecule has 4 rings (SSSR count). The van der Waals surface area contributed by atoms with Crippen LogP contribution in [0.5, 0.6) is 0 Å². The molecule has 2 heterocycles. The first-order valence-electron chi connectivity index (χ1n) is 9.78. The summed E-state index contributed by atoms with van der Waals surface area (Å²) < 4.78 is 19.5. The minimum atomic E-state index is -0.371. The smallest absolute Gasteiger partial charge is 0.243 e. The summed E-state index contributed by atoms with van der Waals surface area (Å²) in [5, 5.41) is 6.45. The fourth-order valence-corrected chi connectivity index (χ4v) is 4.60. The monoisotopic (exact) mass is 361 g/mol. The van der Waals surface area contributed by atoms with E-state index in [4.69, 9.17) is 4.74 Å². The Morgan fingerprint density at radius 3 is 2.88 bits per heavy atom. The van der Waals surface area contributed by atoms with E-state index in [1.807, 2.05) is 6.92 Å². The Bertz CT molecular complexity index is 644. The van der Waals surface area contributed by atoms with Gasteiger partial charge in [-0.25, -0.2) is 4.39 Å². The quantitative estimate of drug-likeness (QED) is 0.867. The van der Waals surface area contributed by atoms with Gasteiger partial charge in [-0.1, -0.05) is 6.07 Å². The molecule has 2 N–H and O–H groups in total. The number of nitrogens with zero attached hydrogens (tertiary/aromatic N) is 1. The van der Waals surface area contributed by atoms with Gasteiger partial charge in [-0.05, 0) is 44.2 Å². The van der Waals surface area contributed by atoms with E-state index in [0.29, 0.717) is 18.0 Å². The Hall–Kier alpha value is -1.66. The highest BCUT2D eigenvalue weighted by Crippen LogP contribution is 2.32. The van der Waals surface area contributed by atoms with Crippen LogP contribution in [0.4, 0.5) is 10.1 Å². The SMILES string of the molecule is Cc1ccc(F)c2c1NC(C(=O)N[C@@H]1CCC[C@@H](N3CCOCC3)C1)C2. The average molecular weight is 361 g/mol. The second-order valence-corrected chi connectivity index (χ2v) is 7.79. The standard InChI is InChI=1S/C20H28FN3O2/c1-13-5-6-17(21)16-12-18(23-19(13)16)20(25)22-14-3-2-4-15(11-14)24-7-9-26-10-8-24/h5-6,14-15,18,23H,2-4,7-12H2,1H3,(H,22,25)/t14-,15-,18?/m1/s1. The number of aryl methyl sites for hydroxylation is 1. The van der Waals surface area contributed by atoms with Gasteiger partial charge in [0.25, 0.3) is 0 Å². The molecule has 3 atom stereocenters. The lowest BCUT2D eigenvalue weighted by Crippen LogP contribution is -2.51. The van der Waals surface area contributed by atoms with Crippen molar-refractivity contribution in [2.45, 2.75) is 57.2 Å². The van der Waals surface area contributed by atoms with Crippen LogP contribution in [0, 0.1) is 12.7 Å². The lowest BCUT2D eigenvalue weighted by molar-refractivity contribution is -0.122. The second-order valence-electron chi connectivity index (χ2n) is 7.79. The summed E-state index contributed by atoms with van der Waals surface area (Å²) in [6.45, 7) is 5.54. The number of fused-ring (bicyclic) bond motifs is 1. The predicted octanol–water partition coefficient (Wildman–Crippen LogP) is 2.23. The molecule has 6 heteroatoms. The number of ether oxygens (including phenoxy) is 1. The van der Waals surface area contributed by atoms with Crippen molar-refractivity contribution in [2.75, 3.05) is 31.6 Å². The minimum absolute atomic E-state index is 0.00683. The summed E-state index contributed by atoms with van der Waals surface area (Å²) in [5.41, 5.74) is 2.42. The van der Waals surface area contributed by atoms with Crippen LogP contribution in [-0.4, -0.2) is 55.2 Å². The number of hydrogen-bond acceptors (Lipinski definition) is 4. The van der Waals surface area contributed by atoms with Crippen molar-refractivity contribution in [1.82, 2.24) is 10.2 Å². The van der Waals surface area contributed by atoms with Crippen LogP contribution < -0.4 is 10.6 Å². The third-order valence-corrected chi connectivity index (χ3v) is 6.06. The van der Waals surface area contributed by atoms with Gasteiger partial charge < -0.3 is 15.4 Å². The van der Waals surface area contributed by atoms with Crippen molar-refractivity contribution in [1.29, 1.82) is 0 Å². The molecule has 1 saturated heterocycles. The van der Waals surface area contributed by atoms with Crippen LogP contribution in [0.2, 0.25) is 0 Å². The van der Waals surface area contributed by atoms with Gasteiger partial charge in [0, 0.05) is 42.8 Å². The number of morpholine rings is 1. The lowest BCUT2D eigenvalue weighted by Gasteiger charge is -2.39. The Balaban J connectivity index is 1.35. The summed E-state index contributed by atoms with van der Waals surface area (Å²) in [4.78, 5) is 15.3. The number of carbonyl (C=O) groups excluding carboxylic acids is 1. The van der Waals surface area contributed by atoms with Crippen molar-refractivity contribution in [3.05, 3.63) is 29.1 Å². The van der Waals surface area contributed by atoms with Crippen LogP contribution in [-0.2, 0) is 16.0 Å². The summed E-state index contributed by atoms with van der Waals surface area (Å²) >= 11 is 0. The zero-order valence-corrected chi connectivity index (χ0v) is 15.4. The summed E-state index contributed by atoms with van der Waals surface area (Å²) in [6.07, 6.45) is 4.79. The molecule has 1 aliphatic carbocycles. The van der Waals surface area contributed by atoms with Gasteiger partial charge in [-0.15, -0.1) is 0 Å². The number of benzene rings is 1. The molecule has 3 aliphatic rings. The maximum Gasteiger partial charge on any atom is 0.243 e. The van der Waals surface area contributed by atoms with Crippen LogP contribution >= 0.6 is 0 Å². The molecular formula is C20H28FN3O2. The summed E-state index contributed by atoms with van der Waals surface area (Å²) in [5.74, 6) is -0.230. The number of anilines is 1. The van der Waals surface area contributed by atoms with E-state index in [9.17, 15) is 9.18 Å². The highest BCUT2D eigenvalue weighted by Gasteiger charge is 2.33. The van der Waals surface area contributed by atoms with E-state index in [2.05, 4.69) is 15.5 Å². The van der Waals surface area contributed by atoms with E-state index < -0.39 is 0 Å². The van der Waals surface area contributed by atoms with Crippen LogP contribution in [0.1, 0.15) is 36.8 Å². The maximum absolute atomic E-state index is 14.0. The van der Waals surface area contributed by atoms with Gasteiger partial charge in [0.05, 0.1) is 13.2 Å². The average Bonchev–Trinajstić information content (AvgIpc) is 3.13. The Morgan fingerprint density at radius 1 is 1.31 bits per heavy atom. The van der Waals surface area contributed by atoms with Crippen LogP contribution in [0.3, 0.4) is 0 Å². The van der Waals surface area contributed by atoms with Crippen molar-refractivity contribution in [3.8, 4) is 0 Å². The number of amides is 1. The molecule has 5 nitrogen and oxygen atoms in total. The molecule has 1 aromatic carbocycles. The number of carbonyl (C=O) groups is 1. The molecule has 1 amide bonds. The Kier molecular flexibility index (Phi) is 5.14. The topological polar surface area (TPSA) is 53.6 Å². The fraction of sp³-hybridized carbons (Fsp3) is 0.650. The molecule has 0 bridgehead atoms. The first-order chi connectivity index (χ1) is 12.6. The Morgan fingerprint density at radius 2 is 2.12 bits per heavy atom. The molecule has 1 saturated carbocycles. The molecule has 142 valence electrons. The molecule has 1 unspecified atom stereocenters. The predicted molar refractivity (Wildman–Crippen MR) is 98.8 cm³/mol. The highest BCUT2D eigenvalue weighted by atomic mass is 19.1. The van der Waals surface area contributed by atoms with Crippen molar-refractivity contribution < 1.29 is 13.9 Å². The van der Waals surface area contributed by atoms with E-state index in [0.717, 1.165) is 56.8 Å². The second kappa shape index (κ2) is 7.53. The molecule has 0 spiro atoms. The van der Waals surface area contributed by atoms with Crippen LogP contribution in [0.15, 0.2) is 12.1 Å². The summed E-state index contributed by atoms with van der Waals surface area (Å²) in [7, 11) is 0. The molecule has 1 aromatic rings. The minimum Gasteiger partial charge on any atom is -0.379 e. The third-order valence-electron chi connectivity index (χ3n) is 6.06. The van der Waals surface area contributed by atoms with E-state index in [1.54, 1.807) is 6.07 Å². The first-order valence-corrected chi connectivity index (χ1v) is 9.78. The van der Waals surface area contributed by atoms with Crippen molar-refractivity contribution in [2.24, 2.45) is 0 Å². The largest absolute Gasteiger partial charge is 0.379 e. The molecule has 0 radical (unpaired) electrons. The molecular weight excluding hydrogens is 333 g/mol. The van der Waals surface area contributed by atoms with Crippen molar-refractivity contribution >= 4 is 11.6 Å². The molecule has 2 aliphatic heterocycles. The number of halogens is 1. The highest BCUT2D eigenvalue weighted by molar-refractivity contribution is 5.88. The number of nitrogens with one attached hydrogen (secondary N) is 2. The summed E-state index contributed by atoms with van der Waals surface area (Å²) in [6, 6.07) is 3.62. The van der Waals surface area contributed by atoms with Gasteiger partial charge in [-0.2, -0.15) is 0 Å². The van der Waals surface area contributed by atoms with Gasteiger partial charge in [-0.3, -0.25) is 9.69 Å². The van der Waals surface area contributed by atoms with Gasteiger partial charge in [0.2, 0.25) is 5.91 Å². The van der Waals surface area contributed by atoms with E-state index in [-0.39, 0.29) is 23.8 Å². The van der Waals surface area contributed by atoms with Crippen molar-refractivity contribution in [3.63, 3.8) is 0 Å². The first kappa shape index (κ1) is 17.7. The molecule has 26 heavy (non-hydrogen) atoms. The normalized spacial score (nSPS) is 29.1. The zero-order valence-electron chi connectivity index (χ0n) is 15.4. The lowest BCUT2D eigenvalue weighted by atomic mass is 9.89. The number of hydrogen-bond donors (Lipinski definition) is 2. The van der Waals surface area contributed by atoms with Crippen LogP contribution in [0.25, 0.3) is 0 Å². The fourth-order valence-electron chi connectivity index (χ4n) is 4.60. The zero-order chi connectivity index (χ0) is 18.1.